The molecule has 0 spiro atoms. The van der Waals surface area contributed by atoms with E-state index >= 15 is 0 Å². The molecule has 1 aromatic carbocycles. The van der Waals surface area contributed by atoms with Crippen molar-refractivity contribution < 1.29 is 33.1 Å². The zero-order valence-corrected chi connectivity index (χ0v) is 23.5. The van der Waals surface area contributed by atoms with Gasteiger partial charge in [0, 0.05) is 19.1 Å². The number of carbonyl (C=O) groups is 5. The number of benzene rings is 1. The second-order valence-electron chi connectivity index (χ2n) is 9.01. The first-order chi connectivity index (χ1) is 19.7. The molecule has 1 aliphatic heterocycles. The molecule has 1 aromatic heterocycles. The van der Waals surface area contributed by atoms with Crippen molar-refractivity contribution >= 4 is 40.6 Å². The lowest BCUT2D eigenvalue weighted by Crippen LogP contribution is -2.47. The molecule has 3 rings (SSSR count). The highest BCUT2D eigenvalue weighted by Crippen LogP contribution is 2.13. The van der Waals surface area contributed by atoms with E-state index in [1.54, 1.807) is 36.4 Å². The topological polar surface area (TPSA) is 144 Å². The average molecular weight is 583 g/mol. The molecule has 1 aliphatic rings. The maximum absolute atomic E-state index is 14.4. The Morgan fingerprint density at radius 2 is 1.88 bits per heavy atom. The van der Waals surface area contributed by atoms with Gasteiger partial charge in [-0.2, -0.15) is 0 Å². The Morgan fingerprint density at radius 3 is 2.59 bits per heavy atom. The largest absolute Gasteiger partial charge is 0.456 e. The molecular weight excluding hydrogens is 551 g/mol. The van der Waals surface area contributed by atoms with Crippen molar-refractivity contribution in [2.75, 3.05) is 5.75 Å². The van der Waals surface area contributed by atoms with Crippen molar-refractivity contribution in [3.8, 4) is 0 Å². The number of allylic oxidation sites excluding steroid dienone is 2. The highest BCUT2D eigenvalue weighted by molar-refractivity contribution is 8.13. The molecule has 41 heavy (non-hydrogen) atoms. The van der Waals surface area contributed by atoms with Crippen molar-refractivity contribution in [1.29, 1.82) is 0 Å². The third-order valence-electron chi connectivity index (χ3n) is 5.85. The molecule has 216 valence electrons. The van der Waals surface area contributed by atoms with Gasteiger partial charge in [0.1, 0.15) is 29.4 Å². The van der Waals surface area contributed by atoms with Crippen molar-refractivity contribution in [2.45, 2.75) is 51.8 Å². The van der Waals surface area contributed by atoms with Crippen LogP contribution in [-0.4, -0.2) is 51.7 Å². The molecule has 2 bridgehead atoms. The summed E-state index contributed by atoms with van der Waals surface area (Å²) >= 11 is 1.14. The fourth-order valence-corrected chi connectivity index (χ4v) is 4.34. The molecule has 10 nitrogen and oxygen atoms in total. The summed E-state index contributed by atoms with van der Waals surface area (Å²) < 4.78 is 20.0. The molecule has 2 aromatic rings. The summed E-state index contributed by atoms with van der Waals surface area (Å²) in [4.78, 5) is 67.3. The number of hydrogen-bond acceptors (Lipinski definition) is 8. The summed E-state index contributed by atoms with van der Waals surface area (Å²) in [5.74, 6) is -3.11. The molecule has 3 N–H and O–H groups in total. The maximum Gasteiger partial charge on any atom is 0.329 e. The number of thioether (sulfide) groups is 1. The first-order valence-corrected chi connectivity index (χ1v) is 13.9. The van der Waals surface area contributed by atoms with Gasteiger partial charge in [-0.1, -0.05) is 54.2 Å². The van der Waals surface area contributed by atoms with Crippen LogP contribution in [0.3, 0.4) is 0 Å². The standard InChI is InChI=1S/C29H31FN4O6S/c1-3-22-27(37)34-24(15-19-9-5-4-6-10-19)29(39)40-20(11-7-8-14-41-18(2)35)16-26(36)31-17-25-21(30)12-13-23(32-25)28(38)33-22/h3-7,9-13,20,24H,8,14-17H2,1-2H3,(H,31,36)(H,33,38)(H,34,37)/b11-7+,22-3-/t20-,24+/m1/s1. The van der Waals surface area contributed by atoms with Crippen LogP contribution < -0.4 is 16.0 Å². The number of nitrogens with one attached hydrogen (secondary N) is 3. The van der Waals surface area contributed by atoms with E-state index in [-0.39, 0.29) is 41.6 Å². The monoisotopic (exact) mass is 582 g/mol. The fourth-order valence-electron chi connectivity index (χ4n) is 3.80. The highest BCUT2D eigenvalue weighted by Gasteiger charge is 2.28. The van der Waals surface area contributed by atoms with Crippen LogP contribution in [0.25, 0.3) is 0 Å². The van der Waals surface area contributed by atoms with E-state index in [4.69, 9.17) is 4.74 Å². The van der Waals surface area contributed by atoms with Crippen LogP contribution in [-0.2, 0) is 36.9 Å². The molecular formula is C29H31FN4O6S. The third kappa shape index (κ3) is 9.98. The highest BCUT2D eigenvalue weighted by atomic mass is 32.2. The number of hydrogen-bond donors (Lipinski definition) is 3. The van der Waals surface area contributed by atoms with Gasteiger partial charge in [-0.05, 0) is 37.1 Å². The molecule has 12 heteroatoms. The van der Waals surface area contributed by atoms with Crippen LogP contribution in [0.1, 0.15) is 48.4 Å². The minimum Gasteiger partial charge on any atom is -0.456 e. The average Bonchev–Trinajstić information content (AvgIpc) is 2.94. The number of nitrogens with zero attached hydrogens (tertiary/aromatic N) is 1. The Bertz CT molecular complexity index is 1350. The van der Waals surface area contributed by atoms with Gasteiger partial charge in [0.05, 0.1) is 18.7 Å². The Morgan fingerprint density at radius 1 is 1.12 bits per heavy atom. The van der Waals surface area contributed by atoms with E-state index < -0.39 is 41.7 Å². The maximum atomic E-state index is 14.4. The molecule has 2 atom stereocenters. The Hall–Kier alpha value is -4.32. The number of pyridine rings is 1. The zero-order chi connectivity index (χ0) is 29.8. The normalized spacial score (nSPS) is 19.8. The Labute approximate surface area is 241 Å². The summed E-state index contributed by atoms with van der Waals surface area (Å²) in [6.45, 7) is 2.67. The lowest BCUT2D eigenvalue weighted by Gasteiger charge is -2.22. The summed E-state index contributed by atoms with van der Waals surface area (Å²) in [6.07, 6.45) is 3.85. The van der Waals surface area contributed by atoms with Gasteiger partial charge in [0.15, 0.2) is 5.12 Å². The van der Waals surface area contributed by atoms with Crippen molar-refractivity contribution in [3.05, 3.63) is 89.2 Å². The first-order valence-electron chi connectivity index (χ1n) is 12.9. The lowest BCUT2D eigenvalue weighted by atomic mass is 10.1. The van der Waals surface area contributed by atoms with Crippen LogP contribution in [0.5, 0.6) is 0 Å². The van der Waals surface area contributed by atoms with Crippen molar-refractivity contribution in [3.63, 3.8) is 0 Å². The van der Waals surface area contributed by atoms with Crippen LogP contribution in [0.15, 0.2) is 66.4 Å². The molecule has 0 radical (unpaired) electrons. The quantitative estimate of drug-likeness (QED) is 0.204. The van der Waals surface area contributed by atoms with E-state index in [9.17, 15) is 28.4 Å². The van der Waals surface area contributed by atoms with Crippen LogP contribution >= 0.6 is 11.8 Å². The van der Waals surface area contributed by atoms with Gasteiger partial charge < -0.3 is 20.7 Å². The molecule has 0 aliphatic carbocycles. The molecule has 3 amide bonds. The number of carbonyl (C=O) groups excluding carboxylic acids is 5. The van der Waals surface area contributed by atoms with Gasteiger partial charge in [0.25, 0.3) is 11.8 Å². The van der Waals surface area contributed by atoms with Crippen molar-refractivity contribution in [1.82, 2.24) is 20.9 Å². The number of esters is 1. The van der Waals surface area contributed by atoms with Crippen LogP contribution in [0.2, 0.25) is 0 Å². The predicted molar refractivity (Wildman–Crippen MR) is 151 cm³/mol. The Balaban J connectivity index is 1.94. The third-order valence-corrected chi connectivity index (χ3v) is 6.70. The summed E-state index contributed by atoms with van der Waals surface area (Å²) in [7, 11) is 0. The van der Waals surface area contributed by atoms with Crippen molar-refractivity contribution in [2.24, 2.45) is 0 Å². The number of amides is 3. The fraction of sp³-hybridized carbons (Fsp3) is 0.310. The molecule has 0 saturated carbocycles. The van der Waals surface area contributed by atoms with E-state index in [0.29, 0.717) is 12.2 Å². The van der Waals surface area contributed by atoms with E-state index in [1.807, 2.05) is 6.07 Å². The molecule has 2 heterocycles. The zero-order valence-electron chi connectivity index (χ0n) is 22.6. The Kier molecular flexibility index (Phi) is 11.8. The molecule has 0 fully saturated rings. The first kappa shape index (κ1) is 31.2. The second-order valence-corrected chi connectivity index (χ2v) is 10.3. The summed E-state index contributed by atoms with van der Waals surface area (Å²) in [6, 6.07) is 10.00. The minimum atomic E-state index is -1.16. The van der Waals surface area contributed by atoms with E-state index in [2.05, 4.69) is 20.9 Å². The number of halogens is 1. The van der Waals surface area contributed by atoms with Crippen LogP contribution in [0, 0.1) is 5.82 Å². The van der Waals surface area contributed by atoms with Gasteiger partial charge in [-0.3, -0.25) is 19.2 Å². The lowest BCUT2D eigenvalue weighted by molar-refractivity contribution is -0.151. The smallest absolute Gasteiger partial charge is 0.329 e. The van der Waals surface area contributed by atoms with E-state index in [1.165, 1.54) is 19.9 Å². The molecule has 0 saturated heterocycles. The second kappa shape index (κ2) is 15.5. The summed E-state index contributed by atoms with van der Waals surface area (Å²) in [5, 5.41) is 7.56. The number of rotatable bonds is 6. The van der Waals surface area contributed by atoms with Gasteiger partial charge in [-0.15, -0.1) is 0 Å². The van der Waals surface area contributed by atoms with E-state index in [0.717, 1.165) is 29.5 Å². The van der Waals surface area contributed by atoms with Gasteiger partial charge >= 0.3 is 5.97 Å². The van der Waals surface area contributed by atoms with Gasteiger partial charge in [0.2, 0.25) is 5.91 Å². The van der Waals surface area contributed by atoms with Crippen LogP contribution in [0.4, 0.5) is 4.39 Å². The number of aromatic nitrogens is 1. The predicted octanol–water partition coefficient (Wildman–Crippen LogP) is 2.74. The van der Waals surface area contributed by atoms with Gasteiger partial charge in [-0.25, -0.2) is 14.2 Å². The summed E-state index contributed by atoms with van der Waals surface area (Å²) in [5.41, 5.74) is 0.245. The number of ether oxygens (including phenoxy) is 1. The number of fused-ring (bicyclic) bond motifs is 2. The number of cyclic esters (lactones) is 1. The molecule has 0 unspecified atom stereocenters. The minimum absolute atomic E-state index is 0.0324. The SMILES string of the molecule is C/C=C1\NC(=O)c2ccc(F)c(n2)CNC(=O)C[C@@H](/C=C/CCSC(C)=O)OC(=O)[C@H](Cc2ccccc2)NC1=O.